The molecule has 1 amide bonds. The van der Waals surface area contributed by atoms with Crippen LogP contribution in [0.2, 0.25) is 5.02 Å². The Hall–Kier alpha value is -2.73. The van der Waals surface area contributed by atoms with Crippen molar-refractivity contribution in [2.24, 2.45) is 0 Å². The van der Waals surface area contributed by atoms with Crippen LogP contribution in [0.25, 0.3) is 10.2 Å². The van der Waals surface area contributed by atoms with E-state index in [1.54, 1.807) is 47.4 Å². The van der Waals surface area contributed by atoms with Gasteiger partial charge >= 0.3 is 0 Å². The topological polar surface area (TPSA) is 91.8 Å². The highest BCUT2D eigenvalue weighted by molar-refractivity contribution is 7.92. The molecule has 8 nitrogen and oxygen atoms in total. The highest BCUT2D eigenvalue weighted by Gasteiger charge is 2.24. The molecule has 1 aromatic heterocycles. The molecule has 5 rings (SSSR count). The normalized spacial score (nSPS) is 14.1. The zero-order valence-electron chi connectivity index (χ0n) is 21.2. The number of amides is 1. The highest BCUT2D eigenvalue weighted by Crippen LogP contribution is 2.33. The maximum Gasteiger partial charge on any atom is 0.261 e. The summed E-state index contributed by atoms with van der Waals surface area (Å²) in [5, 5.41) is 1.22. The Morgan fingerprint density at radius 3 is 2.49 bits per heavy atom. The van der Waals surface area contributed by atoms with Crippen LogP contribution >= 0.6 is 35.3 Å². The number of hydrogen-bond acceptors (Lipinski definition) is 7. The van der Waals surface area contributed by atoms with Crippen LogP contribution < -0.4 is 9.62 Å². The fraction of sp³-hybridized carbons (Fsp3) is 0.259. The van der Waals surface area contributed by atoms with Crippen molar-refractivity contribution in [1.82, 2.24) is 9.88 Å². The number of rotatable bonds is 8. The number of sulfonamides is 1. The number of ether oxygens (including phenoxy) is 1. The van der Waals surface area contributed by atoms with Crippen LogP contribution in [-0.4, -0.2) is 63.6 Å². The standard InChI is InChI=1S/C27H27ClN4O4S2.ClH/c1-19-17-21(28)18-24-25(19)29-27(37-24)32(12-11-31-13-15-36-16-14-31)26(33)20-7-9-22(10-8-20)30-38(34,35)23-5-3-2-4-6-23;/h2-10,17-18,30H,11-16H2,1H3;1H. The van der Waals surface area contributed by atoms with Gasteiger partial charge in [-0.05, 0) is 61.0 Å². The van der Waals surface area contributed by atoms with E-state index in [0.717, 1.165) is 28.9 Å². The van der Waals surface area contributed by atoms with Crippen molar-refractivity contribution in [2.75, 3.05) is 49.0 Å². The van der Waals surface area contributed by atoms with Gasteiger partial charge < -0.3 is 4.74 Å². The number of benzene rings is 3. The second-order valence-electron chi connectivity index (χ2n) is 8.97. The Labute approximate surface area is 243 Å². The fourth-order valence-electron chi connectivity index (χ4n) is 4.26. The van der Waals surface area contributed by atoms with Crippen LogP contribution in [0.15, 0.2) is 71.6 Å². The summed E-state index contributed by atoms with van der Waals surface area (Å²) in [7, 11) is -3.73. The largest absolute Gasteiger partial charge is 0.379 e. The Morgan fingerprint density at radius 2 is 1.79 bits per heavy atom. The molecule has 0 aliphatic carbocycles. The van der Waals surface area contributed by atoms with Crippen molar-refractivity contribution in [1.29, 1.82) is 0 Å². The van der Waals surface area contributed by atoms with Gasteiger partial charge in [-0.25, -0.2) is 13.4 Å². The number of morpholine rings is 1. The van der Waals surface area contributed by atoms with E-state index in [2.05, 4.69) is 9.62 Å². The zero-order valence-corrected chi connectivity index (χ0v) is 24.4. The lowest BCUT2D eigenvalue weighted by Gasteiger charge is -2.29. The predicted molar refractivity (Wildman–Crippen MR) is 159 cm³/mol. The number of halogens is 2. The van der Waals surface area contributed by atoms with Gasteiger partial charge in [-0.1, -0.05) is 41.1 Å². The molecule has 1 N–H and O–H groups in total. The van der Waals surface area contributed by atoms with E-state index in [1.165, 1.54) is 23.5 Å². The van der Waals surface area contributed by atoms with Crippen molar-refractivity contribution < 1.29 is 17.9 Å². The number of carbonyl (C=O) groups is 1. The van der Waals surface area contributed by atoms with Crippen LogP contribution in [0.5, 0.6) is 0 Å². The SMILES string of the molecule is Cc1cc(Cl)cc2sc(N(CCN3CCOCC3)C(=O)c3ccc(NS(=O)(=O)c4ccccc4)cc3)nc12.Cl. The second-order valence-corrected chi connectivity index (χ2v) is 12.1. The van der Waals surface area contributed by atoms with Crippen LogP contribution in [0, 0.1) is 6.92 Å². The molecule has 1 aliphatic rings. The van der Waals surface area contributed by atoms with E-state index in [9.17, 15) is 13.2 Å². The first kappa shape index (κ1) is 29.3. The first-order valence-corrected chi connectivity index (χ1v) is 14.8. The molecule has 39 heavy (non-hydrogen) atoms. The number of hydrogen-bond donors (Lipinski definition) is 1. The van der Waals surface area contributed by atoms with Gasteiger partial charge in [0.1, 0.15) is 0 Å². The first-order chi connectivity index (χ1) is 18.3. The number of aryl methyl sites for hydroxylation is 1. The van der Waals surface area contributed by atoms with Crippen LogP contribution in [0.3, 0.4) is 0 Å². The van der Waals surface area contributed by atoms with Crippen molar-refractivity contribution >= 4 is 72.3 Å². The summed E-state index contributed by atoms with van der Waals surface area (Å²) in [6.45, 7) is 6.06. The predicted octanol–water partition coefficient (Wildman–Crippen LogP) is 5.46. The molecule has 1 fully saturated rings. The third-order valence-electron chi connectivity index (χ3n) is 6.30. The Morgan fingerprint density at radius 1 is 1.10 bits per heavy atom. The summed E-state index contributed by atoms with van der Waals surface area (Å²) in [4.78, 5) is 22.7. The summed E-state index contributed by atoms with van der Waals surface area (Å²) >= 11 is 7.69. The maximum atomic E-state index is 13.7. The maximum absolute atomic E-state index is 13.7. The first-order valence-electron chi connectivity index (χ1n) is 12.2. The van der Waals surface area contributed by atoms with Gasteiger partial charge in [0.15, 0.2) is 5.13 Å². The third kappa shape index (κ3) is 6.89. The summed E-state index contributed by atoms with van der Waals surface area (Å²) in [5.74, 6) is -0.210. The van der Waals surface area contributed by atoms with Gasteiger partial charge in [-0.15, -0.1) is 12.4 Å². The summed E-state index contributed by atoms with van der Waals surface area (Å²) in [6.07, 6.45) is 0. The molecule has 0 bridgehead atoms. The molecule has 2 heterocycles. The smallest absolute Gasteiger partial charge is 0.261 e. The molecule has 1 saturated heterocycles. The summed E-state index contributed by atoms with van der Waals surface area (Å²) in [6, 6.07) is 18.3. The zero-order chi connectivity index (χ0) is 26.7. The molecule has 206 valence electrons. The third-order valence-corrected chi connectivity index (χ3v) is 8.94. The molecule has 3 aromatic carbocycles. The minimum atomic E-state index is -3.73. The van der Waals surface area contributed by atoms with Crippen LogP contribution in [0.4, 0.5) is 10.8 Å². The number of thiazole rings is 1. The Kier molecular flexibility index (Phi) is 9.47. The monoisotopic (exact) mass is 606 g/mol. The van der Waals surface area contributed by atoms with Gasteiger partial charge in [-0.2, -0.15) is 0 Å². The molecule has 1 aliphatic heterocycles. The average Bonchev–Trinajstić information content (AvgIpc) is 3.34. The number of fused-ring (bicyclic) bond motifs is 1. The van der Waals surface area contributed by atoms with Gasteiger partial charge in [0, 0.05) is 42.5 Å². The second kappa shape index (κ2) is 12.6. The lowest BCUT2D eigenvalue weighted by Crippen LogP contribution is -2.43. The van der Waals surface area contributed by atoms with E-state index in [0.29, 0.717) is 47.7 Å². The van der Waals surface area contributed by atoms with Crippen LogP contribution in [0.1, 0.15) is 15.9 Å². The number of anilines is 2. The van der Waals surface area contributed by atoms with Crippen molar-refractivity contribution in [3.63, 3.8) is 0 Å². The van der Waals surface area contributed by atoms with Crippen molar-refractivity contribution in [3.05, 3.63) is 82.9 Å². The van der Waals surface area contributed by atoms with Gasteiger partial charge in [-0.3, -0.25) is 19.3 Å². The average molecular weight is 608 g/mol. The van der Waals surface area contributed by atoms with Crippen LogP contribution in [-0.2, 0) is 14.8 Å². The van der Waals surface area contributed by atoms with E-state index in [1.807, 2.05) is 19.1 Å². The number of nitrogens with zero attached hydrogens (tertiary/aromatic N) is 3. The minimum absolute atomic E-state index is 0. The van der Waals surface area contributed by atoms with Crippen molar-refractivity contribution in [2.45, 2.75) is 11.8 Å². The van der Waals surface area contributed by atoms with Gasteiger partial charge in [0.05, 0.1) is 28.3 Å². The number of aromatic nitrogens is 1. The molecule has 4 aromatic rings. The molecule has 0 saturated carbocycles. The molecule has 0 atom stereocenters. The molecule has 0 radical (unpaired) electrons. The number of carbonyl (C=O) groups excluding carboxylic acids is 1. The van der Waals surface area contributed by atoms with Gasteiger partial charge in [0.25, 0.3) is 15.9 Å². The molecule has 12 heteroatoms. The Balaban J connectivity index is 0.00000353. The van der Waals surface area contributed by atoms with E-state index in [-0.39, 0.29) is 23.2 Å². The van der Waals surface area contributed by atoms with E-state index >= 15 is 0 Å². The quantitative estimate of drug-likeness (QED) is 0.286. The lowest BCUT2D eigenvalue weighted by molar-refractivity contribution is 0.0391. The fourth-order valence-corrected chi connectivity index (χ4v) is 6.78. The minimum Gasteiger partial charge on any atom is -0.379 e. The molecule has 0 unspecified atom stereocenters. The molecular weight excluding hydrogens is 579 g/mol. The molecule has 0 spiro atoms. The van der Waals surface area contributed by atoms with E-state index < -0.39 is 10.0 Å². The molecular formula is C27H28Cl2N4O4S2. The number of nitrogens with one attached hydrogen (secondary N) is 1. The lowest BCUT2D eigenvalue weighted by atomic mass is 10.2. The summed E-state index contributed by atoms with van der Waals surface area (Å²) < 4.78 is 34.3. The van der Waals surface area contributed by atoms with Gasteiger partial charge in [0.2, 0.25) is 0 Å². The Bertz CT molecular complexity index is 1540. The van der Waals surface area contributed by atoms with Crippen molar-refractivity contribution in [3.8, 4) is 0 Å². The highest BCUT2D eigenvalue weighted by atomic mass is 35.5. The van der Waals surface area contributed by atoms with E-state index in [4.69, 9.17) is 21.3 Å². The summed E-state index contributed by atoms with van der Waals surface area (Å²) in [5.41, 5.74) is 2.58.